The summed E-state index contributed by atoms with van der Waals surface area (Å²) in [6.45, 7) is 6.54. The van der Waals surface area contributed by atoms with Crippen molar-refractivity contribution in [2.24, 2.45) is 5.92 Å². The lowest BCUT2D eigenvalue weighted by Gasteiger charge is -2.25. The monoisotopic (exact) mass is 388 g/mol. The Labute approximate surface area is 163 Å². The molecule has 0 bridgehead atoms. The second-order valence-corrected chi connectivity index (χ2v) is 7.20. The number of aromatic nitrogens is 2. The largest absolute Gasteiger partial charge is 0.383 e. The normalized spacial score (nSPS) is 11.0. The fraction of sp³-hybridized carbons (Fsp3) is 0.450. The number of rotatable bonds is 8. The van der Waals surface area contributed by atoms with Gasteiger partial charge in [0.05, 0.1) is 13.0 Å². The van der Waals surface area contributed by atoms with E-state index >= 15 is 0 Å². The number of anilines is 2. The van der Waals surface area contributed by atoms with Gasteiger partial charge in [-0.25, -0.2) is 4.79 Å². The molecule has 0 fully saturated rings. The predicted molar refractivity (Wildman–Crippen MR) is 110 cm³/mol. The molecule has 2 rings (SSSR count). The molecule has 1 amide bonds. The van der Waals surface area contributed by atoms with Crippen LogP contribution >= 0.6 is 0 Å². The first-order valence-corrected chi connectivity index (χ1v) is 9.22. The van der Waals surface area contributed by atoms with Crippen molar-refractivity contribution in [2.75, 3.05) is 30.9 Å². The molecule has 0 saturated carbocycles. The highest BCUT2D eigenvalue weighted by Crippen LogP contribution is 2.19. The number of nitrogens with two attached hydrogens (primary N) is 1. The van der Waals surface area contributed by atoms with Gasteiger partial charge in [0.1, 0.15) is 5.82 Å². The van der Waals surface area contributed by atoms with E-state index in [-0.39, 0.29) is 42.9 Å². The summed E-state index contributed by atoms with van der Waals surface area (Å²) in [7, 11) is 1.51. The summed E-state index contributed by atoms with van der Waals surface area (Å²) in [5.74, 6) is -0.182. The molecule has 0 unspecified atom stereocenters. The second-order valence-electron chi connectivity index (χ2n) is 7.20. The fourth-order valence-electron chi connectivity index (χ4n) is 2.90. The molecule has 0 atom stereocenters. The molecular weight excluding hydrogens is 360 g/mol. The van der Waals surface area contributed by atoms with Crippen molar-refractivity contribution in [3.05, 3.63) is 56.2 Å². The number of aryl methyl sites for hydroxylation is 1. The number of nitrogen functional groups attached to an aromatic ring is 1. The zero-order chi connectivity index (χ0) is 20.8. The predicted octanol–water partition coefficient (Wildman–Crippen LogP) is 1.31. The minimum absolute atomic E-state index is 0.0178. The average Bonchev–Trinajstić information content (AvgIpc) is 2.63. The number of nitrogens with zero attached hydrogens (tertiary/aromatic N) is 2. The van der Waals surface area contributed by atoms with Gasteiger partial charge in [0, 0.05) is 20.2 Å². The van der Waals surface area contributed by atoms with Gasteiger partial charge < -0.3 is 15.4 Å². The van der Waals surface area contributed by atoms with Gasteiger partial charge in [-0.15, -0.1) is 0 Å². The van der Waals surface area contributed by atoms with E-state index in [9.17, 15) is 14.4 Å². The van der Waals surface area contributed by atoms with Crippen molar-refractivity contribution in [1.82, 2.24) is 9.55 Å². The van der Waals surface area contributed by atoms with Crippen LogP contribution < -0.4 is 21.9 Å². The van der Waals surface area contributed by atoms with E-state index in [4.69, 9.17) is 10.5 Å². The van der Waals surface area contributed by atoms with Gasteiger partial charge in [0.25, 0.3) is 5.56 Å². The van der Waals surface area contributed by atoms with Gasteiger partial charge >= 0.3 is 5.69 Å². The van der Waals surface area contributed by atoms with Crippen LogP contribution in [0.15, 0.2) is 33.9 Å². The Morgan fingerprint density at radius 1 is 1.25 bits per heavy atom. The van der Waals surface area contributed by atoms with Crippen molar-refractivity contribution < 1.29 is 9.53 Å². The standard InChI is InChI=1S/C20H28N4O4/c1-13(2)12-24-18(21)17(19(26)22-20(24)27)23(9-10-28-4)16(25)11-15-7-5-14(3)6-8-15/h5-8,13H,9-12,21H2,1-4H3,(H,22,26,27). The minimum Gasteiger partial charge on any atom is -0.383 e. The van der Waals surface area contributed by atoms with Gasteiger partial charge in [0.2, 0.25) is 5.91 Å². The highest BCUT2D eigenvalue weighted by Gasteiger charge is 2.24. The second kappa shape index (κ2) is 9.36. The Balaban J connectivity index is 2.46. The van der Waals surface area contributed by atoms with E-state index in [0.29, 0.717) is 6.54 Å². The lowest BCUT2D eigenvalue weighted by Crippen LogP contribution is -2.43. The molecule has 3 N–H and O–H groups in total. The number of H-pyrrole nitrogens is 1. The number of hydrogen-bond donors (Lipinski definition) is 2. The van der Waals surface area contributed by atoms with Gasteiger partial charge in [-0.05, 0) is 18.4 Å². The van der Waals surface area contributed by atoms with E-state index < -0.39 is 11.2 Å². The maximum absolute atomic E-state index is 13.0. The van der Waals surface area contributed by atoms with Crippen LogP contribution in [0.5, 0.6) is 0 Å². The number of carbonyl (C=O) groups excluding carboxylic acids is 1. The third-order valence-corrected chi connectivity index (χ3v) is 4.33. The van der Waals surface area contributed by atoms with Crippen LogP contribution in [0.4, 0.5) is 11.5 Å². The first-order chi connectivity index (χ1) is 13.2. The first kappa shape index (κ1) is 21.4. The molecule has 28 heavy (non-hydrogen) atoms. The Morgan fingerprint density at radius 3 is 2.46 bits per heavy atom. The number of benzene rings is 1. The minimum atomic E-state index is -0.684. The van der Waals surface area contributed by atoms with E-state index in [1.165, 1.54) is 16.6 Å². The molecule has 1 aromatic heterocycles. The van der Waals surface area contributed by atoms with Gasteiger partial charge in [0.15, 0.2) is 5.69 Å². The number of carbonyl (C=O) groups is 1. The summed E-state index contributed by atoms with van der Waals surface area (Å²) in [5.41, 5.74) is 6.79. The summed E-state index contributed by atoms with van der Waals surface area (Å²) >= 11 is 0. The summed E-state index contributed by atoms with van der Waals surface area (Å²) < 4.78 is 6.38. The van der Waals surface area contributed by atoms with Gasteiger partial charge in [-0.3, -0.25) is 19.1 Å². The molecule has 0 radical (unpaired) electrons. The van der Waals surface area contributed by atoms with Crippen LogP contribution in [0, 0.1) is 12.8 Å². The fourth-order valence-corrected chi connectivity index (χ4v) is 2.90. The zero-order valence-electron chi connectivity index (χ0n) is 16.8. The molecule has 1 aromatic carbocycles. The summed E-state index contributed by atoms with van der Waals surface area (Å²) in [4.78, 5) is 41.3. The summed E-state index contributed by atoms with van der Waals surface area (Å²) in [5, 5.41) is 0. The van der Waals surface area contributed by atoms with Crippen molar-refractivity contribution in [3.8, 4) is 0 Å². The van der Waals surface area contributed by atoms with Gasteiger partial charge in [-0.2, -0.15) is 0 Å². The molecule has 1 heterocycles. The number of methoxy groups -OCH3 is 1. The summed E-state index contributed by atoms with van der Waals surface area (Å²) in [6.07, 6.45) is 0.103. The van der Waals surface area contributed by atoms with E-state index in [2.05, 4.69) is 4.98 Å². The highest BCUT2D eigenvalue weighted by atomic mass is 16.5. The molecule has 0 aliphatic heterocycles. The lowest BCUT2D eigenvalue weighted by molar-refractivity contribution is -0.118. The molecule has 0 spiro atoms. The summed E-state index contributed by atoms with van der Waals surface area (Å²) in [6, 6.07) is 7.59. The number of hydrogen-bond acceptors (Lipinski definition) is 5. The average molecular weight is 388 g/mol. The van der Waals surface area contributed by atoms with Crippen molar-refractivity contribution in [2.45, 2.75) is 33.7 Å². The van der Waals surface area contributed by atoms with Crippen molar-refractivity contribution >= 4 is 17.4 Å². The molecule has 8 nitrogen and oxygen atoms in total. The Hall–Kier alpha value is -2.87. The Morgan fingerprint density at radius 2 is 1.89 bits per heavy atom. The molecule has 152 valence electrons. The number of amides is 1. The van der Waals surface area contributed by atoms with Crippen LogP contribution in [0.3, 0.4) is 0 Å². The van der Waals surface area contributed by atoms with Gasteiger partial charge in [-0.1, -0.05) is 43.7 Å². The Kier molecular flexibility index (Phi) is 7.17. The van der Waals surface area contributed by atoms with Crippen molar-refractivity contribution in [3.63, 3.8) is 0 Å². The molecule has 0 aliphatic carbocycles. The van der Waals surface area contributed by atoms with Crippen LogP contribution in [-0.4, -0.2) is 35.7 Å². The maximum atomic E-state index is 13.0. The molecule has 2 aromatic rings. The van der Waals surface area contributed by atoms with E-state index in [1.54, 1.807) is 0 Å². The lowest BCUT2D eigenvalue weighted by atomic mass is 10.1. The van der Waals surface area contributed by atoms with Crippen LogP contribution in [-0.2, 0) is 22.5 Å². The van der Waals surface area contributed by atoms with Crippen LogP contribution in [0.25, 0.3) is 0 Å². The molecule has 0 aliphatic rings. The third kappa shape index (κ3) is 5.10. The van der Waals surface area contributed by atoms with Crippen molar-refractivity contribution in [1.29, 1.82) is 0 Å². The van der Waals surface area contributed by atoms with E-state index in [0.717, 1.165) is 11.1 Å². The van der Waals surface area contributed by atoms with Crippen LogP contribution in [0.2, 0.25) is 0 Å². The highest BCUT2D eigenvalue weighted by molar-refractivity contribution is 5.96. The molecule has 0 saturated heterocycles. The Bertz CT molecular complexity index is 929. The topological polar surface area (TPSA) is 110 Å². The zero-order valence-corrected chi connectivity index (χ0v) is 16.8. The van der Waals surface area contributed by atoms with E-state index in [1.807, 2.05) is 45.0 Å². The smallest absolute Gasteiger partial charge is 0.330 e. The maximum Gasteiger partial charge on any atom is 0.330 e. The SMILES string of the molecule is COCCN(C(=O)Cc1ccc(C)cc1)c1c(N)n(CC(C)C)c(=O)[nH]c1=O. The number of aromatic amines is 1. The molecular formula is C20H28N4O4. The third-order valence-electron chi connectivity index (χ3n) is 4.33. The number of ether oxygens (including phenoxy) is 1. The van der Waals surface area contributed by atoms with Crippen LogP contribution in [0.1, 0.15) is 25.0 Å². The molecule has 8 heteroatoms. The quantitative estimate of drug-likeness (QED) is 0.708. The first-order valence-electron chi connectivity index (χ1n) is 9.22. The number of nitrogens with one attached hydrogen (secondary N) is 1.